The SMILES string of the molecule is O=S(=O)(CCCCNC1CC1)C1CCCCC1. The van der Waals surface area contributed by atoms with Gasteiger partial charge in [0, 0.05) is 6.04 Å². The summed E-state index contributed by atoms with van der Waals surface area (Å²) in [6.07, 6.45) is 9.69. The molecule has 2 aliphatic carbocycles. The van der Waals surface area contributed by atoms with Crippen LogP contribution in [0.3, 0.4) is 0 Å². The van der Waals surface area contributed by atoms with E-state index in [1.807, 2.05) is 0 Å². The second kappa shape index (κ2) is 6.19. The Kier molecular flexibility index (Phi) is 4.86. The van der Waals surface area contributed by atoms with Crippen molar-refractivity contribution in [1.29, 1.82) is 0 Å². The van der Waals surface area contributed by atoms with E-state index in [1.54, 1.807) is 0 Å². The minimum absolute atomic E-state index is 0.0207. The van der Waals surface area contributed by atoms with Gasteiger partial charge in [-0.2, -0.15) is 0 Å². The molecule has 0 radical (unpaired) electrons. The fourth-order valence-corrected chi connectivity index (χ4v) is 4.60. The smallest absolute Gasteiger partial charge is 0.153 e. The van der Waals surface area contributed by atoms with E-state index in [1.165, 1.54) is 19.3 Å². The van der Waals surface area contributed by atoms with E-state index in [9.17, 15) is 8.42 Å². The highest BCUT2D eigenvalue weighted by Gasteiger charge is 2.26. The molecule has 3 nitrogen and oxygen atoms in total. The van der Waals surface area contributed by atoms with Gasteiger partial charge in [0.25, 0.3) is 0 Å². The number of nitrogens with one attached hydrogen (secondary N) is 1. The number of hydrogen-bond acceptors (Lipinski definition) is 3. The Morgan fingerprint density at radius 1 is 0.941 bits per heavy atom. The van der Waals surface area contributed by atoms with Gasteiger partial charge >= 0.3 is 0 Å². The molecule has 0 aromatic carbocycles. The van der Waals surface area contributed by atoms with Crippen LogP contribution in [0.1, 0.15) is 57.8 Å². The Morgan fingerprint density at radius 3 is 2.29 bits per heavy atom. The zero-order valence-electron chi connectivity index (χ0n) is 10.7. The lowest BCUT2D eigenvalue weighted by Gasteiger charge is -2.21. The van der Waals surface area contributed by atoms with E-state index in [0.717, 1.165) is 51.1 Å². The average Bonchev–Trinajstić information content (AvgIpc) is 3.14. The zero-order chi connectivity index (χ0) is 12.1. The topological polar surface area (TPSA) is 46.2 Å². The summed E-state index contributed by atoms with van der Waals surface area (Å²) in [5, 5.41) is 3.41. The summed E-state index contributed by atoms with van der Waals surface area (Å²) in [6, 6.07) is 0.741. The number of sulfone groups is 1. The molecule has 2 rings (SSSR count). The van der Waals surface area contributed by atoms with Gasteiger partial charge < -0.3 is 5.32 Å². The third-order valence-electron chi connectivity index (χ3n) is 3.93. The first kappa shape index (κ1) is 13.3. The van der Waals surface area contributed by atoms with Crippen molar-refractivity contribution in [3.63, 3.8) is 0 Å². The molecule has 0 unspecified atom stereocenters. The molecule has 0 bridgehead atoms. The molecule has 2 fully saturated rings. The summed E-state index contributed by atoms with van der Waals surface area (Å²) in [4.78, 5) is 0. The maximum Gasteiger partial charge on any atom is 0.153 e. The standard InChI is InChI=1S/C13H25NO2S/c15-17(16,13-6-2-1-3-7-13)11-5-4-10-14-12-8-9-12/h12-14H,1-11H2. The van der Waals surface area contributed by atoms with Gasteiger partial charge in [0.15, 0.2) is 9.84 Å². The van der Waals surface area contributed by atoms with Crippen molar-refractivity contribution in [3.05, 3.63) is 0 Å². The highest BCUT2D eigenvalue weighted by atomic mass is 32.2. The molecule has 2 saturated carbocycles. The van der Waals surface area contributed by atoms with Crippen molar-refractivity contribution in [3.8, 4) is 0 Å². The number of hydrogen-bond donors (Lipinski definition) is 1. The van der Waals surface area contributed by atoms with Crippen LogP contribution in [0.5, 0.6) is 0 Å². The van der Waals surface area contributed by atoms with Crippen LogP contribution in [0.25, 0.3) is 0 Å². The molecule has 0 aromatic rings. The van der Waals surface area contributed by atoms with Gasteiger partial charge in [-0.05, 0) is 45.1 Å². The summed E-state index contributed by atoms with van der Waals surface area (Å²) in [7, 11) is -2.80. The fourth-order valence-electron chi connectivity index (χ4n) is 2.61. The minimum Gasteiger partial charge on any atom is -0.314 e. The lowest BCUT2D eigenvalue weighted by Crippen LogP contribution is -2.27. The van der Waals surface area contributed by atoms with Gasteiger partial charge in [-0.1, -0.05) is 19.3 Å². The first-order valence-corrected chi connectivity index (χ1v) is 8.85. The van der Waals surface area contributed by atoms with Crippen LogP contribution < -0.4 is 5.32 Å². The molecule has 0 aromatic heterocycles. The van der Waals surface area contributed by atoms with E-state index >= 15 is 0 Å². The van der Waals surface area contributed by atoms with Crippen LogP contribution in [-0.4, -0.2) is 32.0 Å². The van der Waals surface area contributed by atoms with Crippen LogP contribution in [0.2, 0.25) is 0 Å². The Hall–Kier alpha value is -0.0900. The first-order chi connectivity index (χ1) is 8.18. The van der Waals surface area contributed by atoms with Crippen molar-refractivity contribution in [2.24, 2.45) is 0 Å². The van der Waals surface area contributed by atoms with Crippen LogP contribution in [0, 0.1) is 0 Å². The second-order valence-electron chi connectivity index (χ2n) is 5.56. The molecule has 0 saturated heterocycles. The summed E-state index contributed by atoms with van der Waals surface area (Å²) in [5.41, 5.74) is 0. The Morgan fingerprint density at radius 2 is 1.65 bits per heavy atom. The molecule has 1 N–H and O–H groups in total. The zero-order valence-corrected chi connectivity index (χ0v) is 11.5. The predicted molar refractivity (Wildman–Crippen MR) is 70.9 cm³/mol. The molecular weight excluding hydrogens is 234 g/mol. The molecule has 2 aliphatic rings. The van der Waals surface area contributed by atoms with Crippen molar-refractivity contribution >= 4 is 9.84 Å². The van der Waals surface area contributed by atoms with Crippen LogP contribution in [0.4, 0.5) is 0 Å². The lowest BCUT2D eigenvalue weighted by atomic mass is 10.0. The van der Waals surface area contributed by atoms with E-state index in [4.69, 9.17) is 0 Å². The van der Waals surface area contributed by atoms with E-state index in [-0.39, 0.29) is 5.25 Å². The summed E-state index contributed by atoms with van der Waals surface area (Å²) < 4.78 is 24.1. The van der Waals surface area contributed by atoms with Gasteiger partial charge in [0.1, 0.15) is 0 Å². The van der Waals surface area contributed by atoms with Gasteiger partial charge in [-0.15, -0.1) is 0 Å². The highest BCUT2D eigenvalue weighted by Crippen LogP contribution is 2.24. The van der Waals surface area contributed by atoms with E-state index in [0.29, 0.717) is 5.75 Å². The highest BCUT2D eigenvalue weighted by molar-refractivity contribution is 7.92. The van der Waals surface area contributed by atoms with E-state index < -0.39 is 9.84 Å². The van der Waals surface area contributed by atoms with E-state index in [2.05, 4.69) is 5.32 Å². The molecule has 0 atom stereocenters. The quantitative estimate of drug-likeness (QED) is 0.713. The molecule has 0 amide bonds. The van der Waals surface area contributed by atoms with Crippen molar-refractivity contribution in [1.82, 2.24) is 5.32 Å². The summed E-state index contributed by atoms with van der Waals surface area (Å²) in [5.74, 6) is 0.407. The largest absolute Gasteiger partial charge is 0.314 e. The van der Waals surface area contributed by atoms with Crippen LogP contribution in [0.15, 0.2) is 0 Å². The molecular formula is C13H25NO2S. The molecule has 0 aliphatic heterocycles. The number of rotatable bonds is 7. The second-order valence-corrected chi connectivity index (χ2v) is 7.96. The van der Waals surface area contributed by atoms with Crippen molar-refractivity contribution in [2.45, 2.75) is 69.1 Å². The lowest BCUT2D eigenvalue weighted by molar-refractivity contribution is 0.482. The van der Waals surface area contributed by atoms with Crippen molar-refractivity contribution in [2.75, 3.05) is 12.3 Å². The normalized spacial score (nSPS) is 22.8. The molecule has 4 heteroatoms. The number of unbranched alkanes of at least 4 members (excludes halogenated alkanes) is 1. The summed E-state index contributed by atoms with van der Waals surface area (Å²) >= 11 is 0. The Labute approximate surface area is 105 Å². The van der Waals surface area contributed by atoms with Gasteiger partial charge in [-0.3, -0.25) is 0 Å². The first-order valence-electron chi connectivity index (χ1n) is 7.13. The molecule has 0 heterocycles. The molecule has 0 spiro atoms. The minimum atomic E-state index is -2.80. The third kappa shape index (κ3) is 4.59. The van der Waals surface area contributed by atoms with Gasteiger partial charge in [-0.25, -0.2) is 8.42 Å². The molecule has 100 valence electrons. The Balaban J connectivity index is 1.61. The van der Waals surface area contributed by atoms with Crippen molar-refractivity contribution < 1.29 is 8.42 Å². The third-order valence-corrected chi connectivity index (χ3v) is 6.27. The fraction of sp³-hybridized carbons (Fsp3) is 1.00. The maximum absolute atomic E-state index is 12.1. The van der Waals surface area contributed by atoms with Gasteiger partial charge in [0.05, 0.1) is 11.0 Å². The molecule has 17 heavy (non-hydrogen) atoms. The Bertz CT molecular complexity index is 316. The van der Waals surface area contributed by atoms with Crippen LogP contribution in [-0.2, 0) is 9.84 Å². The monoisotopic (exact) mass is 259 g/mol. The summed E-state index contributed by atoms with van der Waals surface area (Å²) in [6.45, 7) is 0.991. The van der Waals surface area contributed by atoms with Gasteiger partial charge in [0.2, 0.25) is 0 Å². The maximum atomic E-state index is 12.1. The average molecular weight is 259 g/mol. The predicted octanol–water partition coefficient (Wildman–Crippen LogP) is 2.27. The van der Waals surface area contributed by atoms with Crippen LogP contribution >= 0.6 is 0 Å².